The fraction of sp³-hybridized carbons (Fsp3) is 0.417. The fourth-order valence-electron chi connectivity index (χ4n) is 1.98. The van der Waals surface area contributed by atoms with Gasteiger partial charge in [-0.1, -0.05) is 11.6 Å². The highest BCUT2D eigenvalue weighted by Gasteiger charge is 2.19. The first-order valence-electron chi connectivity index (χ1n) is 6.04. The van der Waals surface area contributed by atoms with Crippen molar-refractivity contribution in [1.82, 2.24) is 24.9 Å². The molecule has 0 fully saturated rings. The zero-order valence-corrected chi connectivity index (χ0v) is 11.8. The van der Waals surface area contributed by atoms with E-state index >= 15 is 0 Å². The lowest BCUT2D eigenvalue weighted by Gasteiger charge is -2.15. The van der Waals surface area contributed by atoms with Gasteiger partial charge in [0.25, 0.3) is 5.91 Å². The van der Waals surface area contributed by atoms with Crippen LogP contribution >= 0.6 is 11.6 Å². The van der Waals surface area contributed by atoms with Crippen LogP contribution in [0.4, 0.5) is 0 Å². The lowest BCUT2D eigenvalue weighted by atomic mass is 10.2. The maximum atomic E-state index is 12.2. The highest BCUT2D eigenvalue weighted by atomic mass is 35.5. The lowest BCUT2D eigenvalue weighted by Crippen LogP contribution is -2.30. The number of nitrogens with one attached hydrogen (secondary N) is 1. The van der Waals surface area contributed by atoms with E-state index < -0.39 is 0 Å². The number of rotatable bonds is 4. The Kier molecular flexibility index (Phi) is 3.90. The summed E-state index contributed by atoms with van der Waals surface area (Å²) in [5.41, 5.74) is 1.31. The van der Waals surface area contributed by atoms with Crippen molar-refractivity contribution in [2.45, 2.75) is 26.4 Å². The predicted octanol–water partition coefficient (Wildman–Crippen LogP) is 1.78. The molecule has 0 bridgehead atoms. The summed E-state index contributed by atoms with van der Waals surface area (Å²) in [6.45, 7) is 4.67. The summed E-state index contributed by atoms with van der Waals surface area (Å²) in [4.78, 5) is 12.2. The second kappa shape index (κ2) is 5.44. The van der Waals surface area contributed by atoms with Crippen molar-refractivity contribution in [3.8, 4) is 0 Å². The molecule has 0 saturated heterocycles. The summed E-state index contributed by atoms with van der Waals surface area (Å²) in [5.74, 6) is -0.249. The smallest absolute Gasteiger partial charge is 0.271 e. The number of nitrogens with zero attached hydrogens (tertiary/aromatic N) is 4. The first-order valence-corrected chi connectivity index (χ1v) is 6.42. The monoisotopic (exact) mass is 281 g/mol. The molecule has 19 heavy (non-hydrogen) atoms. The Morgan fingerprint density at radius 1 is 1.53 bits per heavy atom. The van der Waals surface area contributed by atoms with Crippen molar-refractivity contribution < 1.29 is 4.79 Å². The molecule has 1 amide bonds. The summed E-state index contributed by atoms with van der Waals surface area (Å²) >= 11 is 5.95. The zero-order chi connectivity index (χ0) is 14.0. The molecular formula is C12H16ClN5O. The summed E-state index contributed by atoms with van der Waals surface area (Å²) in [5, 5.41) is 11.4. The van der Waals surface area contributed by atoms with Crippen molar-refractivity contribution in [2.24, 2.45) is 7.05 Å². The molecule has 0 radical (unpaired) electrons. The van der Waals surface area contributed by atoms with Crippen molar-refractivity contribution in [1.29, 1.82) is 0 Å². The molecule has 1 atom stereocenters. The Morgan fingerprint density at radius 3 is 2.84 bits per heavy atom. The fourth-order valence-corrected chi connectivity index (χ4v) is 2.23. The van der Waals surface area contributed by atoms with Gasteiger partial charge in [0.05, 0.1) is 23.0 Å². The lowest BCUT2D eigenvalue weighted by molar-refractivity contribution is 0.0929. The van der Waals surface area contributed by atoms with Crippen LogP contribution in [0.2, 0.25) is 5.02 Å². The molecule has 6 nitrogen and oxygen atoms in total. The van der Waals surface area contributed by atoms with Crippen LogP contribution in [0.15, 0.2) is 18.5 Å². The Bertz CT molecular complexity index is 569. The van der Waals surface area contributed by atoms with Crippen LogP contribution in [0.3, 0.4) is 0 Å². The number of aryl methyl sites for hydroxylation is 2. The Hall–Kier alpha value is -1.82. The molecule has 0 aliphatic heterocycles. The first kappa shape index (κ1) is 13.6. The molecular weight excluding hydrogens is 266 g/mol. The Balaban J connectivity index is 2.16. The van der Waals surface area contributed by atoms with Gasteiger partial charge in [-0.05, 0) is 19.9 Å². The first-order chi connectivity index (χ1) is 9.04. The van der Waals surface area contributed by atoms with Crippen LogP contribution in [-0.2, 0) is 13.6 Å². The largest absolute Gasteiger partial charge is 0.343 e. The van der Waals surface area contributed by atoms with E-state index in [2.05, 4.69) is 15.5 Å². The molecule has 0 aromatic carbocycles. The molecule has 2 aromatic heterocycles. The van der Waals surface area contributed by atoms with E-state index in [1.165, 1.54) is 10.9 Å². The van der Waals surface area contributed by atoms with Gasteiger partial charge in [0.2, 0.25) is 0 Å². The minimum atomic E-state index is -0.249. The Labute approximate surface area is 116 Å². The maximum Gasteiger partial charge on any atom is 0.271 e. The molecule has 0 aliphatic rings. The molecule has 2 rings (SSSR count). The van der Waals surface area contributed by atoms with Crippen LogP contribution in [-0.4, -0.2) is 25.5 Å². The van der Waals surface area contributed by atoms with Crippen LogP contribution in [0, 0.1) is 0 Å². The standard InChI is InChI=1S/C12H16ClN5O/c1-4-18-10(5-6-14-18)8(2)16-12(19)11-9(13)7-15-17(11)3/h5-8H,4H2,1-3H3,(H,16,19). The summed E-state index contributed by atoms with van der Waals surface area (Å²) in [6.07, 6.45) is 3.18. The van der Waals surface area contributed by atoms with Gasteiger partial charge < -0.3 is 5.32 Å². The summed E-state index contributed by atoms with van der Waals surface area (Å²) in [6, 6.07) is 1.74. The average Bonchev–Trinajstić information content (AvgIpc) is 2.95. The molecule has 7 heteroatoms. The second-order valence-corrected chi connectivity index (χ2v) is 4.64. The number of carbonyl (C=O) groups excluding carboxylic acids is 1. The number of aromatic nitrogens is 4. The second-order valence-electron chi connectivity index (χ2n) is 4.23. The van der Waals surface area contributed by atoms with Gasteiger partial charge in [0.15, 0.2) is 0 Å². The summed E-state index contributed by atoms with van der Waals surface area (Å²) < 4.78 is 3.30. The molecule has 2 heterocycles. The van der Waals surface area contributed by atoms with Crippen molar-refractivity contribution in [3.63, 3.8) is 0 Å². The third-order valence-corrected chi connectivity index (χ3v) is 3.23. The number of hydrogen-bond donors (Lipinski definition) is 1. The van der Waals surface area contributed by atoms with Crippen molar-refractivity contribution >= 4 is 17.5 Å². The third-order valence-electron chi connectivity index (χ3n) is 2.95. The van der Waals surface area contributed by atoms with E-state index in [0.717, 1.165) is 12.2 Å². The van der Waals surface area contributed by atoms with Crippen LogP contribution in [0.5, 0.6) is 0 Å². The van der Waals surface area contributed by atoms with Gasteiger partial charge in [-0.2, -0.15) is 10.2 Å². The van der Waals surface area contributed by atoms with E-state index in [1.54, 1.807) is 13.2 Å². The number of halogens is 1. The number of carbonyl (C=O) groups is 1. The average molecular weight is 282 g/mol. The van der Waals surface area contributed by atoms with Crippen LogP contribution in [0.25, 0.3) is 0 Å². The molecule has 102 valence electrons. The number of amides is 1. The van der Waals surface area contributed by atoms with Gasteiger partial charge in [0.1, 0.15) is 5.69 Å². The molecule has 2 aromatic rings. The number of hydrogen-bond acceptors (Lipinski definition) is 3. The highest BCUT2D eigenvalue weighted by molar-refractivity contribution is 6.33. The van der Waals surface area contributed by atoms with Crippen molar-refractivity contribution in [3.05, 3.63) is 34.9 Å². The van der Waals surface area contributed by atoms with Gasteiger partial charge in [-0.15, -0.1) is 0 Å². The zero-order valence-electron chi connectivity index (χ0n) is 11.1. The maximum absolute atomic E-state index is 12.2. The van der Waals surface area contributed by atoms with Crippen LogP contribution < -0.4 is 5.32 Å². The van der Waals surface area contributed by atoms with Crippen molar-refractivity contribution in [2.75, 3.05) is 0 Å². The normalized spacial score (nSPS) is 12.4. The minimum absolute atomic E-state index is 0.152. The molecule has 1 unspecified atom stereocenters. The molecule has 0 aliphatic carbocycles. The van der Waals surface area contributed by atoms with Gasteiger partial charge in [0, 0.05) is 19.8 Å². The molecule has 1 N–H and O–H groups in total. The van der Waals surface area contributed by atoms with Gasteiger partial charge in [-0.25, -0.2) is 0 Å². The quantitative estimate of drug-likeness (QED) is 0.929. The van der Waals surface area contributed by atoms with E-state index in [9.17, 15) is 4.79 Å². The topological polar surface area (TPSA) is 64.7 Å². The van der Waals surface area contributed by atoms with E-state index in [4.69, 9.17) is 11.6 Å². The molecule has 0 saturated carbocycles. The van der Waals surface area contributed by atoms with Crippen LogP contribution in [0.1, 0.15) is 36.1 Å². The van der Waals surface area contributed by atoms with E-state index in [0.29, 0.717) is 10.7 Å². The van der Waals surface area contributed by atoms with E-state index in [1.807, 2.05) is 24.6 Å². The van der Waals surface area contributed by atoms with Gasteiger partial charge >= 0.3 is 0 Å². The summed E-state index contributed by atoms with van der Waals surface area (Å²) in [7, 11) is 1.68. The SMILES string of the molecule is CCn1nccc1C(C)NC(=O)c1c(Cl)cnn1C. The predicted molar refractivity (Wildman–Crippen MR) is 72.0 cm³/mol. The van der Waals surface area contributed by atoms with Gasteiger partial charge in [-0.3, -0.25) is 14.2 Å². The minimum Gasteiger partial charge on any atom is -0.343 e. The van der Waals surface area contributed by atoms with E-state index in [-0.39, 0.29) is 11.9 Å². The third kappa shape index (κ3) is 2.63. The Morgan fingerprint density at radius 2 is 2.26 bits per heavy atom. The molecule has 0 spiro atoms. The highest BCUT2D eigenvalue weighted by Crippen LogP contribution is 2.17.